The Morgan fingerprint density at radius 2 is 1.37 bits per heavy atom. The highest BCUT2D eigenvalue weighted by Gasteiger charge is 2.57. The molecule has 1 heterocycles. The summed E-state index contributed by atoms with van der Waals surface area (Å²) in [7, 11) is -1.83. The van der Waals surface area contributed by atoms with Gasteiger partial charge in [-0.3, -0.25) is 9.46 Å². The molecule has 0 aromatic heterocycles. The van der Waals surface area contributed by atoms with Crippen molar-refractivity contribution in [2.45, 2.75) is 24.5 Å². The maximum absolute atomic E-state index is 13.6. The van der Waals surface area contributed by atoms with E-state index in [4.69, 9.17) is 18.5 Å². The topological polar surface area (TPSA) is 91.4 Å². The van der Waals surface area contributed by atoms with Crippen LogP contribution in [0.5, 0.6) is 0 Å². The van der Waals surface area contributed by atoms with E-state index in [1.165, 1.54) is 0 Å². The van der Waals surface area contributed by atoms with Crippen molar-refractivity contribution < 1.29 is 32.7 Å². The highest BCUT2D eigenvalue weighted by Crippen LogP contribution is 2.58. The van der Waals surface area contributed by atoms with Crippen LogP contribution >= 0.6 is 7.60 Å². The number of hydrogen-bond acceptors (Lipinski definition) is 7. The quantitative estimate of drug-likeness (QED) is 0.317. The van der Waals surface area contributed by atoms with E-state index in [0.29, 0.717) is 11.1 Å². The molecule has 0 aliphatic carbocycles. The van der Waals surface area contributed by atoms with Crippen LogP contribution in [0.4, 0.5) is 4.79 Å². The van der Waals surface area contributed by atoms with Gasteiger partial charge in [0.1, 0.15) is 12.6 Å². The zero-order valence-corrected chi connectivity index (χ0v) is 20.2. The lowest BCUT2D eigenvalue weighted by Crippen LogP contribution is -2.54. The number of benzene rings is 3. The molecule has 9 heteroatoms. The normalized spacial score (nSPS) is 20.2. The van der Waals surface area contributed by atoms with E-state index < -0.39 is 37.6 Å². The van der Waals surface area contributed by atoms with Gasteiger partial charge in [0.25, 0.3) is 0 Å². The van der Waals surface area contributed by atoms with Crippen molar-refractivity contribution in [1.29, 1.82) is 0 Å². The average molecular weight is 495 g/mol. The van der Waals surface area contributed by atoms with Gasteiger partial charge < -0.3 is 18.5 Å². The fourth-order valence-corrected chi connectivity index (χ4v) is 5.51. The monoisotopic (exact) mass is 495 g/mol. The lowest BCUT2D eigenvalue weighted by Gasteiger charge is -2.45. The first kappa shape index (κ1) is 24.7. The number of morpholine rings is 1. The lowest BCUT2D eigenvalue weighted by molar-refractivity contribution is -0.168. The molecular formula is C26H26NO7P. The van der Waals surface area contributed by atoms with Crippen molar-refractivity contribution in [3.63, 3.8) is 0 Å². The minimum absolute atomic E-state index is 0.0419. The van der Waals surface area contributed by atoms with Gasteiger partial charge in [0.2, 0.25) is 5.78 Å². The number of carbonyl (C=O) groups excluding carboxylic acids is 2. The van der Waals surface area contributed by atoms with Gasteiger partial charge in [-0.1, -0.05) is 91.0 Å². The molecule has 3 aromatic carbocycles. The van der Waals surface area contributed by atoms with E-state index in [2.05, 4.69) is 0 Å². The molecule has 1 saturated heterocycles. The molecule has 1 aliphatic rings. The smallest absolute Gasteiger partial charge is 0.412 e. The summed E-state index contributed by atoms with van der Waals surface area (Å²) < 4.78 is 35.3. The molecule has 1 fully saturated rings. The van der Waals surface area contributed by atoms with Gasteiger partial charge in [-0.25, -0.2) is 9.59 Å². The van der Waals surface area contributed by atoms with E-state index in [-0.39, 0.29) is 6.61 Å². The SMILES string of the molecule is COP(=O)(OC)[C@H]1C(=O)O[C@@H](c2ccccc2)[C@@H](c2ccccc2)N1C(=O)OCc1ccccc1. The van der Waals surface area contributed by atoms with E-state index in [9.17, 15) is 14.2 Å². The number of carbonyl (C=O) groups is 2. The Labute approximate surface area is 203 Å². The van der Waals surface area contributed by atoms with Crippen molar-refractivity contribution in [2.24, 2.45) is 0 Å². The van der Waals surface area contributed by atoms with Crippen LogP contribution < -0.4 is 0 Å². The molecule has 0 bridgehead atoms. The minimum atomic E-state index is -4.14. The Bertz CT molecular complexity index is 1180. The van der Waals surface area contributed by atoms with E-state index in [1.54, 1.807) is 24.3 Å². The number of esters is 1. The Balaban J connectivity index is 1.82. The molecule has 182 valence electrons. The van der Waals surface area contributed by atoms with Gasteiger partial charge in [-0.15, -0.1) is 0 Å². The molecular weight excluding hydrogens is 469 g/mol. The summed E-state index contributed by atoms with van der Waals surface area (Å²) in [6.45, 7) is -0.0419. The summed E-state index contributed by atoms with van der Waals surface area (Å²) in [5, 5.41) is 0. The molecule has 4 rings (SSSR count). The molecule has 0 unspecified atom stereocenters. The summed E-state index contributed by atoms with van der Waals surface area (Å²) in [6, 6.07) is 26.4. The first-order chi connectivity index (χ1) is 17.0. The largest absolute Gasteiger partial charge is 0.453 e. The van der Waals surface area contributed by atoms with E-state index in [0.717, 1.165) is 24.7 Å². The number of hydrogen-bond donors (Lipinski definition) is 0. The summed E-state index contributed by atoms with van der Waals surface area (Å²) in [4.78, 5) is 28.1. The van der Waals surface area contributed by atoms with Gasteiger partial charge in [-0.05, 0) is 16.7 Å². The average Bonchev–Trinajstić information content (AvgIpc) is 2.92. The van der Waals surface area contributed by atoms with Crippen LogP contribution in [0.1, 0.15) is 28.8 Å². The first-order valence-corrected chi connectivity index (χ1v) is 12.6. The molecule has 8 nitrogen and oxygen atoms in total. The summed E-state index contributed by atoms with van der Waals surface area (Å²) in [5.74, 6) is -2.57. The molecule has 0 radical (unpaired) electrons. The molecule has 1 aliphatic heterocycles. The van der Waals surface area contributed by atoms with Crippen LogP contribution in [-0.2, 0) is 34.5 Å². The van der Waals surface area contributed by atoms with Crippen molar-refractivity contribution in [2.75, 3.05) is 14.2 Å². The van der Waals surface area contributed by atoms with E-state index >= 15 is 0 Å². The van der Waals surface area contributed by atoms with E-state index in [1.807, 2.05) is 66.7 Å². The second-order valence-electron chi connectivity index (χ2n) is 7.85. The molecule has 35 heavy (non-hydrogen) atoms. The Morgan fingerprint density at radius 3 is 1.91 bits per heavy atom. The lowest BCUT2D eigenvalue weighted by atomic mass is 9.93. The highest BCUT2D eigenvalue weighted by molar-refractivity contribution is 7.55. The Morgan fingerprint density at radius 1 is 0.857 bits per heavy atom. The van der Waals surface area contributed by atoms with Gasteiger partial charge in [0.15, 0.2) is 6.10 Å². The highest BCUT2D eigenvalue weighted by atomic mass is 31.2. The number of ether oxygens (including phenoxy) is 2. The second-order valence-corrected chi connectivity index (χ2v) is 10.1. The molecule has 0 N–H and O–H groups in total. The Hall–Kier alpha value is -3.45. The van der Waals surface area contributed by atoms with Gasteiger partial charge >= 0.3 is 19.7 Å². The fraction of sp³-hybridized carbons (Fsp3) is 0.231. The summed E-state index contributed by atoms with van der Waals surface area (Å²) >= 11 is 0. The maximum Gasteiger partial charge on any atom is 0.412 e. The van der Waals surface area contributed by atoms with Crippen LogP contribution in [0.2, 0.25) is 0 Å². The second kappa shape index (κ2) is 10.9. The van der Waals surface area contributed by atoms with Crippen LogP contribution in [0.25, 0.3) is 0 Å². The predicted molar refractivity (Wildman–Crippen MR) is 128 cm³/mol. The van der Waals surface area contributed by atoms with Crippen LogP contribution in [0, 0.1) is 0 Å². The van der Waals surface area contributed by atoms with Gasteiger partial charge in [0, 0.05) is 14.2 Å². The van der Waals surface area contributed by atoms with Crippen molar-refractivity contribution in [1.82, 2.24) is 4.90 Å². The van der Waals surface area contributed by atoms with Crippen molar-refractivity contribution >= 4 is 19.7 Å². The number of cyclic esters (lactones) is 1. The van der Waals surface area contributed by atoms with Crippen LogP contribution in [0.15, 0.2) is 91.0 Å². The molecule has 3 atom stereocenters. The zero-order valence-electron chi connectivity index (χ0n) is 19.4. The Kier molecular flexibility index (Phi) is 7.66. The summed E-state index contributed by atoms with van der Waals surface area (Å²) in [5.41, 5.74) is 2.09. The number of rotatable bonds is 7. The van der Waals surface area contributed by atoms with Gasteiger partial charge in [-0.2, -0.15) is 0 Å². The number of amides is 1. The third kappa shape index (κ3) is 5.15. The molecule has 1 amide bonds. The van der Waals surface area contributed by atoms with Gasteiger partial charge in [0.05, 0.1) is 0 Å². The zero-order chi connectivity index (χ0) is 24.8. The van der Waals surface area contributed by atoms with Crippen LogP contribution in [0.3, 0.4) is 0 Å². The summed E-state index contributed by atoms with van der Waals surface area (Å²) in [6.07, 6.45) is -1.73. The molecule has 0 saturated carbocycles. The first-order valence-electron chi connectivity index (χ1n) is 11.0. The standard InChI is InChI=1S/C26H26NO7P/c1-31-35(30,32-2)24-25(28)34-23(21-16-10-5-11-17-21)22(20-14-8-4-9-15-20)27(24)26(29)33-18-19-12-6-3-7-13-19/h3-17,22-24H,18H2,1-2H3/t22-,23+,24+/m1/s1. The van der Waals surface area contributed by atoms with Crippen molar-refractivity contribution in [3.8, 4) is 0 Å². The van der Waals surface area contributed by atoms with Crippen LogP contribution in [-0.4, -0.2) is 37.0 Å². The maximum atomic E-state index is 13.6. The fourth-order valence-electron chi connectivity index (χ4n) is 4.10. The van der Waals surface area contributed by atoms with Crippen molar-refractivity contribution in [3.05, 3.63) is 108 Å². The third-order valence-electron chi connectivity index (χ3n) is 5.80. The third-order valence-corrected chi connectivity index (χ3v) is 7.87. The molecule has 0 spiro atoms. The number of nitrogens with zero attached hydrogens (tertiary/aromatic N) is 1. The minimum Gasteiger partial charge on any atom is -0.453 e. The molecule has 3 aromatic rings. The predicted octanol–water partition coefficient (Wildman–Crippen LogP) is 5.48.